The zero-order valence-corrected chi connectivity index (χ0v) is 18.4. The van der Waals surface area contributed by atoms with Gasteiger partial charge in [-0.1, -0.05) is 54.1 Å². The molecule has 8 heteroatoms. The zero-order chi connectivity index (χ0) is 23.1. The van der Waals surface area contributed by atoms with E-state index in [2.05, 4.69) is 10.1 Å². The predicted molar refractivity (Wildman–Crippen MR) is 127 cm³/mol. The summed E-state index contributed by atoms with van der Waals surface area (Å²) in [6.07, 6.45) is 3.20. The topological polar surface area (TPSA) is 89.5 Å². The van der Waals surface area contributed by atoms with Gasteiger partial charge in [0, 0.05) is 29.4 Å². The van der Waals surface area contributed by atoms with Crippen molar-refractivity contribution in [3.8, 4) is 11.1 Å². The van der Waals surface area contributed by atoms with Crippen LogP contribution in [0.1, 0.15) is 17.3 Å². The third kappa shape index (κ3) is 3.66. The van der Waals surface area contributed by atoms with Crippen molar-refractivity contribution in [3.05, 3.63) is 99.7 Å². The standard InChI is InChI=1S/C25H19ClN4O3/c1-15-22(17-7-9-18(26)10-8-17)23-27-14-19-20(30(23)28-15)11-12-29(24(19)31)21(25(32)33)13-16-5-3-2-4-6-16/h2-12,14,21H,13H2,1H3,(H,32,33)/t21-/m1/s1. The van der Waals surface area contributed by atoms with E-state index in [9.17, 15) is 14.7 Å². The third-order valence-corrected chi connectivity index (χ3v) is 5.99. The number of hydrogen-bond acceptors (Lipinski definition) is 4. The summed E-state index contributed by atoms with van der Waals surface area (Å²) in [5.74, 6) is -1.07. The second-order valence-corrected chi connectivity index (χ2v) is 8.27. The van der Waals surface area contributed by atoms with Crippen LogP contribution in [0.5, 0.6) is 0 Å². The van der Waals surface area contributed by atoms with Crippen LogP contribution in [0.4, 0.5) is 0 Å². The molecule has 0 amide bonds. The molecule has 0 aliphatic rings. The number of aromatic nitrogens is 4. The summed E-state index contributed by atoms with van der Waals surface area (Å²) < 4.78 is 2.88. The average molecular weight is 459 g/mol. The number of halogens is 1. The molecule has 164 valence electrons. The molecule has 1 atom stereocenters. The Morgan fingerprint density at radius 1 is 1.09 bits per heavy atom. The van der Waals surface area contributed by atoms with Crippen molar-refractivity contribution in [2.75, 3.05) is 0 Å². The first-order valence-corrected chi connectivity index (χ1v) is 10.7. The van der Waals surface area contributed by atoms with Gasteiger partial charge in [0.25, 0.3) is 5.56 Å². The summed E-state index contributed by atoms with van der Waals surface area (Å²) in [6, 6.07) is 17.3. The first-order valence-electron chi connectivity index (χ1n) is 10.4. The van der Waals surface area contributed by atoms with Gasteiger partial charge in [-0.05, 0) is 36.2 Å². The Morgan fingerprint density at radius 3 is 2.52 bits per heavy atom. The largest absolute Gasteiger partial charge is 0.480 e. The summed E-state index contributed by atoms with van der Waals surface area (Å²) in [7, 11) is 0. The lowest BCUT2D eigenvalue weighted by Crippen LogP contribution is -2.31. The van der Waals surface area contributed by atoms with Gasteiger partial charge in [-0.15, -0.1) is 0 Å². The lowest BCUT2D eigenvalue weighted by molar-refractivity contribution is -0.141. The van der Waals surface area contributed by atoms with Crippen LogP contribution in [-0.2, 0) is 11.2 Å². The van der Waals surface area contributed by atoms with Crippen molar-refractivity contribution >= 4 is 34.1 Å². The number of hydrogen-bond donors (Lipinski definition) is 1. The Bertz CT molecular complexity index is 1560. The Hall–Kier alpha value is -3.97. The van der Waals surface area contributed by atoms with Gasteiger partial charge in [-0.25, -0.2) is 14.3 Å². The maximum atomic E-state index is 13.3. The van der Waals surface area contributed by atoms with Crippen molar-refractivity contribution in [3.63, 3.8) is 0 Å². The van der Waals surface area contributed by atoms with Crippen LogP contribution in [0.15, 0.2) is 77.9 Å². The molecule has 0 unspecified atom stereocenters. The molecular formula is C25H19ClN4O3. The monoisotopic (exact) mass is 458 g/mol. The minimum Gasteiger partial charge on any atom is -0.480 e. The maximum Gasteiger partial charge on any atom is 0.327 e. The number of fused-ring (bicyclic) bond motifs is 3. The predicted octanol–water partition coefficient (Wildman–Crippen LogP) is 4.54. The van der Waals surface area contributed by atoms with E-state index in [4.69, 9.17) is 11.6 Å². The number of pyridine rings is 1. The molecule has 0 spiro atoms. The molecule has 33 heavy (non-hydrogen) atoms. The second-order valence-electron chi connectivity index (χ2n) is 7.83. The lowest BCUT2D eigenvalue weighted by Gasteiger charge is -2.16. The maximum absolute atomic E-state index is 13.3. The second kappa shape index (κ2) is 8.18. The Labute approximate surface area is 193 Å². The van der Waals surface area contributed by atoms with Gasteiger partial charge >= 0.3 is 5.97 Å². The summed E-state index contributed by atoms with van der Waals surface area (Å²) >= 11 is 6.02. The van der Waals surface area contributed by atoms with E-state index in [1.807, 2.05) is 49.4 Å². The Kier molecular flexibility index (Phi) is 5.18. The summed E-state index contributed by atoms with van der Waals surface area (Å²) in [5, 5.41) is 15.4. The van der Waals surface area contributed by atoms with Gasteiger partial charge < -0.3 is 9.67 Å². The highest BCUT2D eigenvalue weighted by molar-refractivity contribution is 6.30. The number of carboxylic acids is 1. The molecule has 0 saturated carbocycles. The van der Waals surface area contributed by atoms with E-state index >= 15 is 0 Å². The SMILES string of the molecule is Cc1nn2c(ncc3c(=O)n([C@H](Cc4ccccc4)C(=O)O)ccc32)c1-c1ccc(Cl)cc1. The smallest absolute Gasteiger partial charge is 0.327 e. The molecule has 1 N–H and O–H groups in total. The summed E-state index contributed by atoms with van der Waals surface area (Å²) in [5.41, 5.74) is 4.11. The van der Waals surface area contributed by atoms with E-state index in [-0.39, 0.29) is 6.42 Å². The molecule has 3 heterocycles. The van der Waals surface area contributed by atoms with Crippen LogP contribution in [0, 0.1) is 6.92 Å². The van der Waals surface area contributed by atoms with Gasteiger partial charge in [-0.2, -0.15) is 5.10 Å². The fourth-order valence-corrected chi connectivity index (χ4v) is 4.26. The van der Waals surface area contributed by atoms with Crippen molar-refractivity contribution in [1.82, 2.24) is 19.2 Å². The Balaban J connectivity index is 1.65. The summed E-state index contributed by atoms with van der Waals surface area (Å²) in [6.45, 7) is 1.88. The molecule has 7 nitrogen and oxygen atoms in total. The minimum absolute atomic E-state index is 0.193. The van der Waals surface area contributed by atoms with Crippen molar-refractivity contribution < 1.29 is 9.90 Å². The number of carbonyl (C=O) groups is 1. The lowest BCUT2D eigenvalue weighted by atomic mass is 10.1. The van der Waals surface area contributed by atoms with Crippen LogP contribution in [0.2, 0.25) is 5.02 Å². The fraction of sp³-hybridized carbons (Fsp3) is 0.120. The highest BCUT2D eigenvalue weighted by Gasteiger charge is 2.23. The van der Waals surface area contributed by atoms with E-state index in [1.165, 1.54) is 17.0 Å². The molecular weight excluding hydrogens is 440 g/mol. The fourth-order valence-electron chi connectivity index (χ4n) is 4.13. The number of benzene rings is 2. The average Bonchev–Trinajstić information content (AvgIpc) is 3.15. The number of aryl methyl sites for hydroxylation is 1. The van der Waals surface area contributed by atoms with Gasteiger partial charge in [0.15, 0.2) is 5.65 Å². The van der Waals surface area contributed by atoms with E-state index in [1.54, 1.807) is 22.7 Å². The molecule has 3 aromatic heterocycles. The van der Waals surface area contributed by atoms with Crippen LogP contribution < -0.4 is 5.56 Å². The molecule has 0 aliphatic heterocycles. The number of nitrogens with zero attached hydrogens (tertiary/aromatic N) is 4. The molecule has 5 aromatic rings. The van der Waals surface area contributed by atoms with Gasteiger partial charge in [0.05, 0.1) is 16.6 Å². The quantitative estimate of drug-likeness (QED) is 0.417. The van der Waals surface area contributed by atoms with Gasteiger partial charge in [0.1, 0.15) is 6.04 Å². The van der Waals surface area contributed by atoms with Crippen LogP contribution >= 0.6 is 11.6 Å². The zero-order valence-electron chi connectivity index (χ0n) is 17.6. The molecule has 0 saturated heterocycles. The third-order valence-electron chi connectivity index (χ3n) is 5.74. The highest BCUT2D eigenvalue weighted by Crippen LogP contribution is 2.29. The van der Waals surface area contributed by atoms with Crippen molar-refractivity contribution in [2.45, 2.75) is 19.4 Å². The van der Waals surface area contributed by atoms with Crippen LogP contribution in [0.3, 0.4) is 0 Å². The molecule has 0 radical (unpaired) electrons. The first-order chi connectivity index (χ1) is 15.9. The van der Waals surface area contributed by atoms with E-state index in [0.717, 1.165) is 22.4 Å². The van der Waals surface area contributed by atoms with Crippen LogP contribution in [-0.4, -0.2) is 30.2 Å². The van der Waals surface area contributed by atoms with Gasteiger partial charge in [0.2, 0.25) is 0 Å². The normalized spacial score (nSPS) is 12.3. The Morgan fingerprint density at radius 2 is 1.82 bits per heavy atom. The van der Waals surface area contributed by atoms with Crippen molar-refractivity contribution in [1.29, 1.82) is 0 Å². The minimum atomic E-state index is -1.07. The van der Waals surface area contributed by atoms with Crippen LogP contribution in [0.25, 0.3) is 27.7 Å². The van der Waals surface area contributed by atoms with Crippen molar-refractivity contribution in [2.24, 2.45) is 0 Å². The molecule has 0 bridgehead atoms. The molecule has 0 aliphatic carbocycles. The molecule has 0 fully saturated rings. The molecule has 2 aromatic carbocycles. The number of aliphatic carboxylic acids is 1. The summed E-state index contributed by atoms with van der Waals surface area (Å²) in [4.78, 5) is 29.9. The number of rotatable bonds is 5. The van der Waals surface area contributed by atoms with E-state index in [0.29, 0.717) is 21.6 Å². The molecule has 5 rings (SSSR count). The van der Waals surface area contributed by atoms with Gasteiger partial charge in [-0.3, -0.25) is 4.79 Å². The number of carboxylic acid groups (broad SMARTS) is 1. The van der Waals surface area contributed by atoms with E-state index < -0.39 is 17.6 Å². The first kappa shape index (κ1) is 20.9. The highest BCUT2D eigenvalue weighted by atomic mass is 35.5.